The highest BCUT2D eigenvalue weighted by molar-refractivity contribution is 6.03. The maximum Gasteiger partial charge on any atom is 0.277 e. The third-order valence-corrected chi connectivity index (χ3v) is 3.39. The molecule has 1 N–H and O–H groups in total. The summed E-state index contributed by atoms with van der Waals surface area (Å²) in [6.45, 7) is 2.05. The molecule has 0 unspecified atom stereocenters. The zero-order valence-electron chi connectivity index (χ0n) is 12.2. The summed E-state index contributed by atoms with van der Waals surface area (Å²) in [4.78, 5) is 12.3. The van der Waals surface area contributed by atoms with Crippen molar-refractivity contribution in [1.29, 1.82) is 0 Å². The van der Waals surface area contributed by atoms with Crippen molar-refractivity contribution in [3.8, 4) is 5.69 Å². The highest BCUT2D eigenvalue weighted by Gasteiger charge is 2.13. The van der Waals surface area contributed by atoms with Crippen LogP contribution in [0.1, 0.15) is 23.0 Å². The van der Waals surface area contributed by atoms with Crippen LogP contribution in [0, 0.1) is 0 Å². The summed E-state index contributed by atoms with van der Waals surface area (Å²) in [5, 5.41) is 10.8. The van der Waals surface area contributed by atoms with Crippen LogP contribution in [0.2, 0.25) is 0 Å². The molecule has 0 aliphatic heterocycles. The van der Waals surface area contributed by atoms with Crippen molar-refractivity contribution in [2.45, 2.75) is 13.3 Å². The van der Waals surface area contributed by atoms with Gasteiger partial charge in [-0.3, -0.25) is 4.79 Å². The van der Waals surface area contributed by atoms with E-state index in [2.05, 4.69) is 22.6 Å². The lowest BCUT2D eigenvalue weighted by molar-refractivity contribution is 0.102. The van der Waals surface area contributed by atoms with Gasteiger partial charge in [-0.25, -0.2) is 4.68 Å². The van der Waals surface area contributed by atoms with Crippen molar-refractivity contribution in [2.24, 2.45) is 0 Å². The predicted molar refractivity (Wildman–Crippen MR) is 85.1 cm³/mol. The van der Waals surface area contributed by atoms with Crippen LogP contribution in [-0.2, 0) is 6.42 Å². The van der Waals surface area contributed by atoms with Gasteiger partial charge in [-0.2, -0.15) is 0 Å². The maximum absolute atomic E-state index is 12.3. The van der Waals surface area contributed by atoms with E-state index in [9.17, 15) is 4.79 Å². The third kappa shape index (κ3) is 2.88. The average molecular weight is 292 g/mol. The molecule has 3 rings (SSSR count). The molecule has 0 radical (unpaired) electrons. The van der Waals surface area contributed by atoms with Gasteiger partial charge in [-0.15, -0.1) is 5.10 Å². The second kappa shape index (κ2) is 6.22. The Bertz CT molecular complexity index is 780. The van der Waals surface area contributed by atoms with Crippen molar-refractivity contribution >= 4 is 11.6 Å². The molecule has 1 amide bonds. The minimum atomic E-state index is -0.261. The van der Waals surface area contributed by atoms with E-state index < -0.39 is 0 Å². The van der Waals surface area contributed by atoms with E-state index in [1.807, 2.05) is 54.6 Å². The normalized spacial score (nSPS) is 10.4. The number of nitrogens with one attached hydrogen (secondary N) is 1. The van der Waals surface area contributed by atoms with Crippen molar-refractivity contribution in [1.82, 2.24) is 15.0 Å². The summed E-state index contributed by atoms with van der Waals surface area (Å²) in [6, 6.07) is 17.3. The van der Waals surface area contributed by atoms with Gasteiger partial charge in [0, 0.05) is 5.69 Å². The van der Waals surface area contributed by atoms with Crippen molar-refractivity contribution in [2.75, 3.05) is 5.32 Å². The number of hydrogen-bond acceptors (Lipinski definition) is 3. The van der Waals surface area contributed by atoms with Gasteiger partial charge in [0.1, 0.15) is 0 Å². The van der Waals surface area contributed by atoms with E-state index in [-0.39, 0.29) is 11.6 Å². The highest BCUT2D eigenvalue weighted by atomic mass is 16.2. The fraction of sp³-hybridized carbons (Fsp3) is 0.118. The molecule has 0 fully saturated rings. The molecule has 0 aliphatic rings. The highest BCUT2D eigenvalue weighted by Crippen LogP contribution is 2.16. The van der Waals surface area contributed by atoms with Crippen LogP contribution < -0.4 is 5.32 Å². The minimum absolute atomic E-state index is 0.261. The van der Waals surface area contributed by atoms with Crippen LogP contribution in [0.4, 0.5) is 5.69 Å². The number of amides is 1. The van der Waals surface area contributed by atoms with Gasteiger partial charge in [-0.05, 0) is 30.2 Å². The minimum Gasteiger partial charge on any atom is -0.320 e. The monoisotopic (exact) mass is 292 g/mol. The van der Waals surface area contributed by atoms with E-state index in [0.717, 1.165) is 23.4 Å². The topological polar surface area (TPSA) is 59.8 Å². The molecule has 3 aromatic rings. The summed E-state index contributed by atoms with van der Waals surface area (Å²) < 4.78 is 1.58. The standard InChI is InChI=1S/C17H16N4O/c1-2-13-8-6-7-11-15(13)18-17(22)16-12-21(20-19-16)14-9-4-3-5-10-14/h3-12H,2H2,1H3,(H,18,22). The molecule has 0 saturated carbocycles. The Labute approximate surface area is 128 Å². The van der Waals surface area contributed by atoms with Gasteiger partial charge in [0.2, 0.25) is 0 Å². The van der Waals surface area contributed by atoms with Gasteiger partial charge in [0.05, 0.1) is 11.9 Å². The van der Waals surface area contributed by atoms with Gasteiger partial charge < -0.3 is 5.32 Å². The molecule has 110 valence electrons. The summed E-state index contributed by atoms with van der Waals surface area (Å²) in [5.41, 5.74) is 3.05. The first-order valence-electron chi connectivity index (χ1n) is 7.15. The molecular weight excluding hydrogens is 276 g/mol. The van der Waals surface area contributed by atoms with Crippen LogP contribution in [0.15, 0.2) is 60.8 Å². The third-order valence-electron chi connectivity index (χ3n) is 3.39. The zero-order valence-corrected chi connectivity index (χ0v) is 12.2. The quantitative estimate of drug-likeness (QED) is 0.804. The SMILES string of the molecule is CCc1ccccc1NC(=O)c1cn(-c2ccccc2)nn1. The number of anilines is 1. The number of benzene rings is 2. The lowest BCUT2D eigenvalue weighted by Crippen LogP contribution is -2.13. The predicted octanol–water partition coefficient (Wildman–Crippen LogP) is 3.08. The molecule has 0 aliphatic carbocycles. The Morgan fingerprint density at radius 3 is 2.59 bits per heavy atom. The Morgan fingerprint density at radius 2 is 1.82 bits per heavy atom. The van der Waals surface area contributed by atoms with Crippen molar-refractivity contribution in [3.05, 3.63) is 72.1 Å². The summed E-state index contributed by atoms with van der Waals surface area (Å²) in [7, 11) is 0. The molecule has 1 aromatic heterocycles. The maximum atomic E-state index is 12.3. The lowest BCUT2D eigenvalue weighted by atomic mass is 10.1. The lowest BCUT2D eigenvalue weighted by Gasteiger charge is -2.07. The molecule has 0 atom stereocenters. The molecule has 2 aromatic carbocycles. The first kappa shape index (κ1) is 14.0. The zero-order chi connectivity index (χ0) is 15.4. The fourth-order valence-corrected chi connectivity index (χ4v) is 2.21. The van der Waals surface area contributed by atoms with Crippen molar-refractivity contribution in [3.63, 3.8) is 0 Å². The van der Waals surface area contributed by atoms with Crippen molar-refractivity contribution < 1.29 is 4.79 Å². The van der Waals surface area contributed by atoms with Crippen LogP contribution in [-0.4, -0.2) is 20.9 Å². The Hall–Kier alpha value is -2.95. The van der Waals surface area contributed by atoms with Crippen LogP contribution in [0.3, 0.4) is 0 Å². The summed E-state index contributed by atoms with van der Waals surface area (Å²) in [5.74, 6) is -0.261. The largest absolute Gasteiger partial charge is 0.320 e. The summed E-state index contributed by atoms with van der Waals surface area (Å²) in [6.07, 6.45) is 2.48. The first-order valence-corrected chi connectivity index (χ1v) is 7.15. The number of carbonyl (C=O) groups excluding carboxylic acids is 1. The number of para-hydroxylation sites is 2. The molecule has 0 bridgehead atoms. The van der Waals surface area contributed by atoms with Gasteiger partial charge >= 0.3 is 0 Å². The number of nitrogens with zero attached hydrogens (tertiary/aromatic N) is 3. The second-order valence-corrected chi connectivity index (χ2v) is 4.85. The van der Waals surface area contributed by atoms with Crippen LogP contribution >= 0.6 is 0 Å². The Balaban J connectivity index is 1.80. The molecule has 22 heavy (non-hydrogen) atoms. The first-order chi connectivity index (χ1) is 10.8. The number of aryl methyl sites for hydroxylation is 1. The van der Waals surface area contributed by atoms with Gasteiger partial charge in [-0.1, -0.05) is 48.5 Å². The molecule has 0 spiro atoms. The molecule has 0 saturated heterocycles. The molecular formula is C17H16N4O. The van der Waals surface area contributed by atoms with E-state index in [1.165, 1.54) is 0 Å². The number of hydrogen-bond donors (Lipinski definition) is 1. The van der Waals surface area contributed by atoms with Gasteiger partial charge in [0.15, 0.2) is 5.69 Å². The number of carbonyl (C=O) groups is 1. The summed E-state index contributed by atoms with van der Waals surface area (Å²) >= 11 is 0. The van der Waals surface area contributed by atoms with Crippen LogP contribution in [0.5, 0.6) is 0 Å². The smallest absolute Gasteiger partial charge is 0.277 e. The molecule has 1 heterocycles. The molecule has 5 nitrogen and oxygen atoms in total. The van der Waals surface area contributed by atoms with Gasteiger partial charge in [0.25, 0.3) is 5.91 Å². The Kier molecular flexibility index (Phi) is 3.96. The second-order valence-electron chi connectivity index (χ2n) is 4.85. The Morgan fingerprint density at radius 1 is 1.09 bits per heavy atom. The van der Waals surface area contributed by atoms with E-state index in [0.29, 0.717) is 0 Å². The van der Waals surface area contributed by atoms with E-state index in [4.69, 9.17) is 0 Å². The number of aromatic nitrogens is 3. The van der Waals surface area contributed by atoms with E-state index >= 15 is 0 Å². The number of rotatable bonds is 4. The average Bonchev–Trinajstić information content (AvgIpc) is 3.06. The van der Waals surface area contributed by atoms with Crippen LogP contribution in [0.25, 0.3) is 5.69 Å². The van der Waals surface area contributed by atoms with E-state index in [1.54, 1.807) is 10.9 Å². The fourth-order valence-electron chi connectivity index (χ4n) is 2.21. The molecule has 5 heteroatoms.